The molecule has 0 aromatic rings. The second-order valence-electron chi connectivity index (χ2n) is 4.67. The minimum Gasteiger partial charge on any atom is -0.481 e. The van der Waals surface area contributed by atoms with Crippen molar-refractivity contribution in [2.24, 2.45) is 17.3 Å². The molecule has 1 aliphatic carbocycles. The topological polar surface area (TPSA) is 37.3 Å². The van der Waals surface area contributed by atoms with Gasteiger partial charge in [-0.25, -0.2) is 0 Å². The summed E-state index contributed by atoms with van der Waals surface area (Å²) in [5, 5.41) is 9.33. The SMILES string of the molecule is C=CC(C)C1(C(=O)O)CCC(C)CC1. The third-order valence-electron chi connectivity index (χ3n) is 3.82. The van der Waals surface area contributed by atoms with Gasteiger partial charge in [-0.05, 0) is 37.5 Å². The third kappa shape index (κ3) is 1.84. The van der Waals surface area contributed by atoms with Crippen molar-refractivity contribution in [3.63, 3.8) is 0 Å². The number of rotatable bonds is 3. The average molecular weight is 196 g/mol. The first-order valence-corrected chi connectivity index (χ1v) is 5.39. The van der Waals surface area contributed by atoms with Gasteiger partial charge in [0, 0.05) is 0 Å². The largest absolute Gasteiger partial charge is 0.481 e. The number of aliphatic carboxylic acids is 1. The molecule has 0 spiro atoms. The van der Waals surface area contributed by atoms with Crippen LogP contribution in [0.2, 0.25) is 0 Å². The molecule has 1 unspecified atom stereocenters. The Morgan fingerprint density at radius 1 is 1.57 bits per heavy atom. The van der Waals surface area contributed by atoms with Crippen LogP contribution in [0.15, 0.2) is 12.7 Å². The van der Waals surface area contributed by atoms with E-state index in [9.17, 15) is 9.90 Å². The first-order valence-electron chi connectivity index (χ1n) is 5.39. The van der Waals surface area contributed by atoms with Gasteiger partial charge in [-0.3, -0.25) is 4.79 Å². The molecular formula is C12H20O2. The Morgan fingerprint density at radius 2 is 2.07 bits per heavy atom. The minimum atomic E-state index is -0.642. The third-order valence-corrected chi connectivity index (χ3v) is 3.82. The van der Waals surface area contributed by atoms with E-state index in [-0.39, 0.29) is 5.92 Å². The van der Waals surface area contributed by atoms with Crippen LogP contribution in [0, 0.1) is 17.3 Å². The molecule has 0 aromatic carbocycles. The molecule has 1 N–H and O–H groups in total. The lowest BCUT2D eigenvalue weighted by Crippen LogP contribution is -2.39. The molecule has 0 aromatic heterocycles. The fraction of sp³-hybridized carbons (Fsp3) is 0.750. The number of allylic oxidation sites excluding steroid dienone is 1. The fourth-order valence-electron chi connectivity index (χ4n) is 2.37. The number of carboxylic acid groups (broad SMARTS) is 1. The molecule has 1 rings (SSSR count). The molecule has 2 nitrogen and oxygen atoms in total. The molecule has 1 saturated carbocycles. The summed E-state index contributed by atoms with van der Waals surface area (Å²) in [6.07, 6.45) is 5.45. The van der Waals surface area contributed by atoms with E-state index >= 15 is 0 Å². The lowest BCUT2D eigenvalue weighted by atomic mass is 9.64. The van der Waals surface area contributed by atoms with Crippen LogP contribution in [0.4, 0.5) is 0 Å². The molecule has 1 fully saturated rings. The van der Waals surface area contributed by atoms with E-state index in [1.807, 2.05) is 6.92 Å². The van der Waals surface area contributed by atoms with Gasteiger partial charge >= 0.3 is 5.97 Å². The highest BCUT2D eigenvalue weighted by Gasteiger charge is 2.44. The predicted molar refractivity (Wildman–Crippen MR) is 57.1 cm³/mol. The highest BCUT2D eigenvalue weighted by Crippen LogP contribution is 2.45. The van der Waals surface area contributed by atoms with Crippen molar-refractivity contribution in [1.82, 2.24) is 0 Å². The maximum Gasteiger partial charge on any atom is 0.310 e. The normalized spacial score (nSPS) is 34.9. The summed E-state index contributed by atoms with van der Waals surface area (Å²) < 4.78 is 0. The smallest absolute Gasteiger partial charge is 0.310 e. The van der Waals surface area contributed by atoms with Gasteiger partial charge in [-0.1, -0.05) is 19.9 Å². The van der Waals surface area contributed by atoms with Crippen molar-refractivity contribution in [2.45, 2.75) is 39.5 Å². The molecular weight excluding hydrogens is 176 g/mol. The molecule has 2 heteroatoms. The Balaban J connectivity index is 2.83. The Hall–Kier alpha value is -0.790. The Labute approximate surface area is 86.0 Å². The summed E-state index contributed by atoms with van der Waals surface area (Å²) in [6, 6.07) is 0. The van der Waals surface area contributed by atoms with Crippen LogP contribution in [0.1, 0.15) is 39.5 Å². The highest BCUT2D eigenvalue weighted by atomic mass is 16.4. The number of carbonyl (C=O) groups is 1. The molecule has 0 aliphatic heterocycles. The fourth-order valence-corrected chi connectivity index (χ4v) is 2.37. The van der Waals surface area contributed by atoms with Crippen molar-refractivity contribution in [3.8, 4) is 0 Å². The van der Waals surface area contributed by atoms with Gasteiger partial charge in [0.05, 0.1) is 5.41 Å². The molecule has 1 atom stereocenters. The van der Waals surface area contributed by atoms with Crippen LogP contribution >= 0.6 is 0 Å². The summed E-state index contributed by atoms with van der Waals surface area (Å²) in [5.41, 5.74) is -0.533. The average Bonchev–Trinajstić information content (AvgIpc) is 2.18. The molecule has 0 amide bonds. The molecule has 80 valence electrons. The maximum atomic E-state index is 11.3. The predicted octanol–water partition coefficient (Wildman–Crippen LogP) is 3.09. The van der Waals surface area contributed by atoms with Crippen molar-refractivity contribution >= 4 is 5.97 Å². The van der Waals surface area contributed by atoms with Crippen molar-refractivity contribution in [3.05, 3.63) is 12.7 Å². The first-order chi connectivity index (χ1) is 6.53. The lowest BCUT2D eigenvalue weighted by Gasteiger charge is -2.39. The minimum absolute atomic E-state index is 0.0764. The number of carboxylic acids is 1. The molecule has 14 heavy (non-hydrogen) atoms. The Morgan fingerprint density at radius 3 is 2.43 bits per heavy atom. The second-order valence-corrected chi connectivity index (χ2v) is 4.67. The van der Waals surface area contributed by atoms with Crippen molar-refractivity contribution < 1.29 is 9.90 Å². The van der Waals surface area contributed by atoms with Gasteiger partial charge in [-0.2, -0.15) is 0 Å². The summed E-state index contributed by atoms with van der Waals surface area (Å²) >= 11 is 0. The van der Waals surface area contributed by atoms with Crippen LogP contribution in [0.5, 0.6) is 0 Å². The van der Waals surface area contributed by atoms with Gasteiger partial charge in [0.1, 0.15) is 0 Å². The Bertz CT molecular complexity index is 224. The molecule has 0 saturated heterocycles. The van der Waals surface area contributed by atoms with Gasteiger partial charge < -0.3 is 5.11 Å². The number of hydrogen-bond acceptors (Lipinski definition) is 1. The van der Waals surface area contributed by atoms with Crippen LogP contribution in [0.3, 0.4) is 0 Å². The zero-order chi connectivity index (χ0) is 10.8. The monoisotopic (exact) mass is 196 g/mol. The van der Waals surface area contributed by atoms with E-state index in [4.69, 9.17) is 0 Å². The standard InChI is InChI=1S/C12H20O2/c1-4-10(3)12(11(13)14)7-5-9(2)6-8-12/h4,9-10H,1,5-8H2,2-3H3,(H,13,14). The maximum absolute atomic E-state index is 11.3. The Kier molecular flexibility index (Phi) is 3.35. The molecule has 0 bridgehead atoms. The quantitative estimate of drug-likeness (QED) is 0.704. The summed E-state index contributed by atoms with van der Waals surface area (Å²) in [6.45, 7) is 7.89. The number of hydrogen-bond donors (Lipinski definition) is 1. The van der Waals surface area contributed by atoms with Gasteiger partial charge in [-0.15, -0.1) is 6.58 Å². The van der Waals surface area contributed by atoms with E-state index in [1.165, 1.54) is 0 Å². The van der Waals surface area contributed by atoms with Crippen molar-refractivity contribution in [1.29, 1.82) is 0 Å². The van der Waals surface area contributed by atoms with E-state index in [0.29, 0.717) is 5.92 Å². The van der Waals surface area contributed by atoms with Gasteiger partial charge in [0.25, 0.3) is 0 Å². The van der Waals surface area contributed by atoms with Crippen LogP contribution in [0.25, 0.3) is 0 Å². The zero-order valence-electron chi connectivity index (χ0n) is 9.12. The first kappa shape index (κ1) is 11.3. The van der Waals surface area contributed by atoms with Crippen LogP contribution in [-0.2, 0) is 4.79 Å². The summed E-state index contributed by atoms with van der Waals surface area (Å²) in [7, 11) is 0. The molecule has 1 aliphatic rings. The summed E-state index contributed by atoms with van der Waals surface area (Å²) in [4.78, 5) is 11.3. The van der Waals surface area contributed by atoms with Crippen molar-refractivity contribution in [2.75, 3.05) is 0 Å². The van der Waals surface area contributed by atoms with Crippen LogP contribution < -0.4 is 0 Å². The second kappa shape index (κ2) is 4.16. The van der Waals surface area contributed by atoms with Crippen LogP contribution in [-0.4, -0.2) is 11.1 Å². The van der Waals surface area contributed by atoms with E-state index < -0.39 is 11.4 Å². The zero-order valence-corrected chi connectivity index (χ0v) is 9.12. The summed E-state index contributed by atoms with van der Waals surface area (Å²) in [5.74, 6) is 0.115. The molecule has 0 heterocycles. The highest BCUT2D eigenvalue weighted by molar-refractivity contribution is 5.75. The van der Waals surface area contributed by atoms with E-state index in [1.54, 1.807) is 6.08 Å². The van der Waals surface area contributed by atoms with E-state index in [0.717, 1.165) is 25.7 Å². The van der Waals surface area contributed by atoms with Gasteiger partial charge in [0.15, 0.2) is 0 Å². The van der Waals surface area contributed by atoms with Gasteiger partial charge in [0.2, 0.25) is 0 Å². The molecule has 0 radical (unpaired) electrons. The lowest BCUT2D eigenvalue weighted by molar-refractivity contribution is -0.154. The van der Waals surface area contributed by atoms with E-state index in [2.05, 4.69) is 13.5 Å².